The van der Waals surface area contributed by atoms with Gasteiger partial charge < -0.3 is 19.9 Å². The maximum absolute atomic E-state index is 5.86. The zero-order valence-electron chi connectivity index (χ0n) is 13.2. The van der Waals surface area contributed by atoms with E-state index in [-0.39, 0.29) is 0 Å². The van der Waals surface area contributed by atoms with Crippen LogP contribution in [-0.2, 0) is 11.2 Å². The van der Waals surface area contributed by atoms with E-state index in [1.165, 1.54) is 0 Å². The smallest absolute Gasteiger partial charge is 0.228 e. The quantitative estimate of drug-likeness (QED) is 0.455. The Balaban J connectivity index is 1.81. The number of nitrogens with zero attached hydrogens (tertiary/aromatic N) is 3. The third kappa shape index (κ3) is 5.54. The number of guanidine groups is 1. The number of aliphatic imine (C=N–C) groups is 1. The first-order valence-corrected chi connectivity index (χ1v) is 7.62. The Morgan fingerprint density at radius 1 is 1.26 bits per heavy atom. The van der Waals surface area contributed by atoms with Crippen LogP contribution in [0.5, 0.6) is 0 Å². The molecule has 0 aliphatic carbocycles. The van der Waals surface area contributed by atoms with Gasteiger partial charge in [0.25, 0.3) is 0 Å². The topological polar surface area (TPSA) is 84.6 Å². The minimum atomic E-state index is 0.555. The summed E-state index contributed by atoms with van der Waals surface area (Å²) < 4.78 is 10.2. The van der Waals surface area contributed by atoms with E-state index in [2.05, 4.69) is 25.8 Å². The summed E-state index contributed by atoms with van der Waals surface area (Å²) in [5.41, 5.74) is 0.870. The summed E-state index contributed by atoms with van der Waals surface area (Å²) in [6.07, 6.45) is 0.603. The summed E-state index contributed by atoms with van der Waals surface area (Å²) in [6, 6.07) is 7.31. The van der Waals surface area contributed by atoms with E-state index in [0.717, 1.165) is 5.56 Å². The van der Waals surface area contributed by atoms with E-state index >= 15 is 0 Å². The Bertz CT molecular complexity index is 627. The highest BCUT2D eigenvalue weighted by Crippen LogP contribution is 2.18. The van der Waals surface area contributed by atoms with Gasteiger partial charge in [-0.2, -0.15) is 4.98 Å². The fraction of sp³-hybridized carbons (Fsp3) is 0.400. The number of hydrogen-bond acceptors (Lipinski definition) is 5. The molecule has 124 valence electrons. The van der Waals surface area contributed by atoms with E-state index in [4.69, 9.17) is 20.9 Å². The zero-order chi connectivity index (χ0) is 16.5. The highest BCUT2D eigenvalue weighted by atomic mass is 35.5. The lowest BCUT2D eigenvalue weighted by Gasteiger charge is -2.10. The molecule has 0 atom stereocenters. The Morgan fingerprint density at radius 3 is 2.70 bits per heavy atom. The second-order valence-corrected chi connectivity index (χ2v) is 5.12. The van der Waals surface area contributed by atoms with Crippen LogP contribution in [-0.4, -0.2) is 50.0 Å². The molecule has 0 fully saturated rings. The second kappa shape index (κ2) is 9.12. The van der Waals surface area contributed by atoms with Crippen molar-refractivity contribution < 1.29 is 9.26 Å². The van der Waals surface area contributed by atoms with Crippen LogP contribution in [0.25, 0.3) is 11.4 Å². The highest BCUT2D eigenvalue weighted by molar-refractivity contribution is 6.30. The number of nitrogens with one attached hydrogen (secondary N) is 2. The molecule has 0 saturated heterocycles. The van der Waals surface area contributed by atoms with E-state index in [9.17, 15) is 0 Å². The van der Waals surface area contributed by atoms with Crippen LogP contribution in [0.2, 0.25) is 5.02 Å². The maximum atomic E-state index is 5.86. The molecule has 0 amide bonds. The summed E-state index contributed by atoms with van der Waals surface area (Å²) in [5, 5.41) is 10.9. The van der Waals surface area contributed by atoms with Crippen molar-refractivity contribution in [2.75, 3.05) is 33.9 Å². The molecule has 0 aliphatic rings. The number of hydrogen-bond donors (Lipinski definition) is 2. The molecule has 8 heteroatoms. The van der Waals surface area contributed by atoms with Crippen molar-refractivity contribution in [3.8, 4) is 11.4 Å². The van der Waals surface area contributed by atoms with Crippen molar-refractivity contribution in [1.29, 1.82) is 0 Å². The third-order valence-corrected chi connectivity index (χ3v) is 3.28. The first kappa shape index (κ1) is 17.2. The van der Waals surface area contributed by atoms with E-state index < -0.39 is 0 Å². The average Bonchev–Trinajstić information content (AvgIpc) is 3.03. The van der Waals surface area contributed by atoms with Gasteiger partial charge in [-0.3, -0.25) is 4.99 Å². The minimum Gasteiger partial charge on any atom is -0.383 e. The molecule has 0 aliphatic heterocycles. The number of rotatable bonds is 7. The summed E-state index contributed by atoms with van der Waals surface area (Å²) in [5.74, 6) is 1.83. The lowest BCUT2D eigenvalue weighted by Crippen LogP contribution is -2.39. The van der Waals surface area contributed by atoms with Crippen LogP contribution in [0.4, 0.5) is 0 Å². The van der Waals surface area contributed by atoms with Crippen molar-refractivity contribution in [1.82, 2.24) is 20.8 Å². The zero-order valence-corrected chi connectivity index (χ0v) is 13.9. The van der Waals surface area contributed by atoms with Gasteiger partial charge in [-0.1, -0.05) is 16.8 Å². The van der Waals surface area contributed by atoms with Crippen LogP contribution in [0.15, 0.2) is 33.8 Å². The Labute approximate surface area is 140 Å². The van der Waals surface area contributed by atoms with Gasteiger partial charge >= 0.3 is 0 Å². The maximum Gasteiger partial charge on any atom is 0.228 e. The van der Waals surface area contributed by atoms with Crippen molar-refractivity contribution in [2.45, 2.75) is 6.42 Å². The molecule has 2 N–H and O–H groups in total. The largest absolute Gasteiger partial charge is 0.383 e. The molecule has 7 nitrogen and oxygen atoms in total. The van der Waals surface area contributed by atoms with Crippen molar-refractivity contribution >= 4 is 17.6 Å². The van der Waals surface area contributed by atoms with Crippen molar-refractivity contribution in [3.63, 3.8) is 0 Å². The summed E-state index contributed by atoms with van der Waals surface area (Å²) in [4.78, 5) is 8.48. The number of aromatic nitrogens is 2. The Kier molecular flexibility index (Phi) is 6.83. The molecule has 1 aromatic heterocycles. The van der Waals surface area contributed by atoms with Gasteiger partial charge in [0.2, 0.25) is 11.7 Å². The van der Waals surface area contributed by atoms with Crippen LogP contribution in [0.3, 0.4) is 0 Å². The molecule has 0 bridgehead atoms. The van der Waals surface area contributed by atoms with E-state index in [1.54, 1.807) is 26.3 Å². The first-order chi connectivity index (χ1) is 11.2. The molecule has 0 spiro atoms. The molecule has 0 saturated carbocycles. The normalized spacial score (nSPS) is 11.5. The lowest BCUT2D eigenvalue weighted by molar-refractivity contribution is 0.203. The van der Waals surface area contributed by atoms with Gasteiger partial charge in [-0.05, 0) is 24.3 Å². The summed E-state index contributed by atoms with van der Waals surface area (Å²) in [6.45, 7) is 1.95. The second-order valence-electron chi connectivity index (χ2n) is 4.69. The van der Waals surface area contributed by atoms with E-state index in [1.807, 2.05) is 12.1 Å². The average molecular weight is 338 g/mol. The van der Waals surface area contributed by atoms with Gasteiger partial charge in [0.15, 0.2) is 5.96 Å². The molecular formula is C15H20ClN5O2. The SMILES string of the molecule is CN=C(NCCOC)NCCc1nc(-c2ccc(Cl)cc2)no1. The van der Waals surface area contributed by atoms with Gasteiger partial charge in [0.1, 0.15) is 0 Å². The van der Waals surface area contributed by atoms with Gasteiger partial charge in [-0.15, -0.1) is 0 Å². The fourth-order valence-corrected chi connectivity index (χ4v) is 1.98. The standard InChI is InChI=1S/C15H20ClN5O2/c1-17-15(19-9-10-22-2)18-8-7-13-20-14(21-23-13)11-3-5-12(16)6-4-11/h3-6H,7-10H2,1-2H3,(H2,17,18,19). The molecule has 0 unspecified atom stereocenters. The highest BCUT2D eigenvalue weighted by Gasteiger charge is 2.08. The number of halogens is 1. The van der Waals surface area contributed by atoms with Crippen molar-refractivity contribution in [2.24, 2.45) is 4.99 Å². The molecule has 1 heterocycles. The molecular weight excluding hydrogens is 318 g/mol. The van der Waals surface area contributed by atoms with Crippen LogP contribution < -0.4 is 10.6 Å². The third-order valence-electron chi connectivity index (χ3n) is 3.02. The fourth-order valence-electron chi connectivity index (χ4n) is 1.85. The van der Waals surface area contributed by atoms with E-state index in [0.29, 0.717) is 48.8 Å². The minimum absolute atomic E-state index is 0.555. The number of benzene rings is 1. The number of methoxy groups -OCH3 is 1. The van der Waals surface area contributed by atoms with Crippen LogP contribution in [0, 0.1) is 0 Å². The van der Waals surface area contributed by atoms with Crippen LogP contribution >= 0.6 is 11.6 Å². The molecule has 2 rings (SSSR count). The predicted molar refractivity (Wildman–Crippen MR) is 89.7 cm³/mol. The predicted octanol–water partition coefficient (Wildman–Crippen LogP) is 1.74. The Hall–Kier alpha value is -2.12. The molecule has 23 heavy (non-hydrogen) atoms. The summed E-state index contributed by atoms with van der Waals surface area (Å²) >= 11 is 5.86. The monoisotopic (exact) mass is 337 g/mol. The Morgan fingerprint density at radius 2 is 2.00 bits per heavy atom. The first-order valence-electron chi connectivity index (χ1n) is 7.25. The summed E-state index contributed by atoms with van der Waals surface area (Å²) in [7, 11) is 3.37. The van der Waals surface area contributed by atoms with Crippen molar-refractivity contribution in [3.05, 3.63) is 35.2 Å². The molecule has 2 aromatic rings. The van der Waals surface area contributed by atoms with Gasteiger partial charge in [-0.25, -0.2) is 0 Å². The molecule has 1 aromatic carbocycles. The lowest BCUT2D eigenvalue weighted by atomic mass is 10.2. The van der Waals surface area contributed by atoms with Gasteiger partial charge in [0.05, 0.1) is 6.61 Å². The van der Waals surface area contributed by atoms with Gasteiger partial charge in [0, 0.05) is 44.3 Å². The molecule has 0 radical (unpaired) electrons. The van der Waals surface area contributed by atoms with Crippen LogP contribution in [0.1, 0.15) is 5.89 Å². The number of ether oxygens (including phenoxy) is 1.